The first kappa shape index (κ1) is 21.1. The Kier molecular flexibility index (Phi) is 6.76. The van der Waals surface area contributed by atoms with Gasteiger partial charge in [0.05, 0.1) is 18.6 Å². The standard InChI is InChI=1S/C21H26N2O5S/c1-3-28-19-11-6-16(14-20(19)27-2)15-22-21(24)17-7-9-18(10-8-17)29(25,26)23-12-4-5-13-23/h6-11,14H,3-5,12-13,15H2,1-2H3,(H,22,24). The molecule has 1 aliphatic rings. The maximum atomic E-state index is 12.6. The fourth-order valence-electron chi connectivity index (χ4n) is 3.24. The van der Waals surface area contributed by atoms with Gasteiger partial charge in [-0.15, -0.1) is 0 Å². The van der Waals surface area contributed by atoms with Crippen LogP contribution in [0, 0.1) is 0 Å². The van der Waals surface area contributed by atoms with E-state index in [-0.39, 0.29) is 10.8 Å². The van der Waals surface area contributed by atoms with Crippen molar-refractivity contribution in [1.29, 1.82) is 0 Å². The normalized spacial score (nSPS) is 14.6. The number of ether oxygens (including phenoxy) is 2. The Morgan fingerprint density at radius 3 is 2.38 bits per heavy atom. The van der Waals surface area contributed by atoms with Gasteiger partial charge in [0.2, 0.25) is 10.0 Å². The second kappa shape index (κ2) is 9.28. The highest BCUT2D eigenvalue weighted by Crippen LogP contribution is 2.28. The summed E-state index contributed by atoms with van der Waals surface area (Å²) in [5.74, 6) is 0.984. The van der Waals surface area contributed by atoms with Crippen LogP contribution >= 0.6 is 0 Å². The molecule has 1 fully saturated rings. The molecule has 0 bridgehead atoms. The number of hydrogen-bond acceptors (Lipinski definition) is 5. The number of nitrogens with one attached hydrogen (secondary N) is 1. The Labute approximate surface area is 171 Å². The van der Waals surface area contributed by atoms with E-state index in [1.165, 1.54) is 28.6 Å². The Morgan fingerprint density at radius 1 is 1.07 bits per heavy atom. The highest BCUT2D eigenvalue weighted by molar-refractivity contribution is 7.89. The predicted molar refractivity (Wildman–Crippen MR) is 110 cm³/mol. The lowest BCUT2D eigenvalue weighted by Gasteiger charge is -2.15. The van der Waals surface area contributed by atoms with Crippen LogP contribution in [0.3, 0.4) is 0 Å². The first-order chi connectivity index (χ1) is 14.0. The largest absolute Gasteiger partial charge is 0.493 e. The fourth-order valence-corrected chi connectivity index (χ4v) is 4.75. The SMILES string of the molecule is CCOc1ccc(CNC(=O)c2ccc(S(=O)(=O)N3CCCC3)cc2)cc1OC. The van der Waals surface area contributed by atoms with E-state index in [2.05, 4.69) is 5.32 Å². The molecule has 0 radical (unpaired) electrons. The minimum Gasteiger partial charge on any atom is -0.493 e. The van der Waals surface area contributed by atoms with E-state index in [0.29, 0.717) is 43.3 Å². The summed E-state index contributed by atoms with van der Waals surface area (Å²) >= 11 is 0. The first-order valence-corrected chi connectivity index (χ1v) is 11.1. The van der Waals surface area contributed by atoms with E-state index in [9.17, 15) is 13.2 Å². The number of carbonyl (C=O) groups excluding carboxylic acids is 1. The molecule has 0 saturated carbocycles. The first-order valence-electron chi connectivity index (χ1n) is 9.64. The highest BCUT2D eigenvalue weighted by Gasteiger charge is 2.27. The Bertz CT molecular complexity index is 952. The third-order valence-electron chi connectivity index (χ3n) is 4.80. The summed E-state index contributed by atoms with van der Waals surface area (Å²) in [7, 11) is -1.91. The van der Waals surface area contributed by atoms with Gasteiger partial charge in [-0.3, -0.25) is 4.79 Å². The molecule has 156 valence electrons. The second-order valence-corrected chi connectivity index (χ2v) is 8.67. The molecular weight excluding hydrogens is 392 g/mol. The molecule has 7 nitrogen and oxygen atoms in total. The zero-order chi connectivity index (χ0) is 20.9. The number of amides is 1. The van der Waals surface area contributed by atoms with Crippen LogP contribution in [0.5, 0.6) is 11.5 Å². The molecule has 0 aliphatic carbocycles. The van der Waals surface area contributed by atoms with Crippen molar-refractivity contribution in [1.82, 2.24) is 9.62 Å². The number of carbonyl (C=O) groups is 1. The van der Waals surface area contributed by atoms with Crippen molar-refractivity contribution in [2.75, 3.05) is 26.8 Å². The molecule has 1 heterocycles. The average molecular weight is 419 g/mol. The zero-order valence-corrected chi connectivity index (χ0v) is 17.5. The van der Waals surface area contributed by atoms with E-state index in [4.69, 9.17) is 9.47 Å². The molecule has 8 heteroatoms. The monoisotopic (exact) mass is 418 g/mol. The van der Waals surface area contributed by atoms with Gasteiger partial charge in [-0.1, -0.05) is 6.07 Å². The summed E-state index contributed by atoms with van der Waals surface area (Å²) in [6, 6.07) is 11.5. The molecule has 1 aliphatic heterocycles. The van der Waals surface area contributed by atoms with Gasteiger partial charge in [-0.05, 0) is 61.7 Å². The Hall–Kier alpha value is -2.58. The van der Waals surface area contributed by atoms with Crippen LogP contribution in [-0.4, -0.2) is 45.4 Å². The van der Waals surface area contributed by atoms with Crippen molar-refractivity contribution < 1.29 is 22.7 Å². The lowest BCUT2D eigenvalue weighted by Crippen LogP contribution is -2.28. The molecule has 0 unspecified atom stereocenters. The Morgan fingerprint density at radius 2 is 1.76 bits per heavy atom. The van der Waals surface area contributed by atoms with Gasteiger partial charge in [-0.2, -0.15) is 4.31 Å². The van der Waals surface area contributed by atoms with E-state index in [1.807, 2.05) is 25.1 Å². The summed E-state index contributed by atoms with van der Waals surface area (Å²) in [5, 5.41) is 2.84. The lowest BCUT2D eigenvalue weighted by atomic mass is 10.1. The number of nitrogens with zero attached hydrogens (tertiary/aromatic N) is 1. The molecule has 0 spiro atoms. The third-order valence-corrected chi connectivity index (χ3v) is 6.71. The molecule has 1 saturated heterocycles. The van der Waals surface area contributed by atoms with Gasteiger partial charge >= 0.3 is 0 Å². The van der Waals surface area contributed by atoms with E-state index >= 15 is 0 Å². The van der Waals surface area contributed by atoms with Gasteiger partial charge < -0.3 is 14.8 Å². The molecule has 0 atom stereocenters. The van der Waals surface area contributed by atoms with E-state index < -0.39 is 10.0 Å². The zero-order valence-electron chi connectivity index (χ0n) is 16.7. The van der Waals surface area contributed by atoms with Gasteiger partial charge in [0.25, 0.3) is 5.91 Å². The topological polar surface area (TPSA) is 84.9 Å². The smallest absolute Gasteiger partial charge is 0.251 e. The van der Waals surface area contributed by atoms with Crippen LogP contribution in [0.2, 0.25) is 0 Å². The number of sulfonamides is 1. The van der Waals surface area contributed by atoms with Crippen molar-refractivity contribution in [3.63, 3.8) is 0 Å². The van der Waals surface area contributed by atoms with Crippen LogP contribution < -0.4 is 14.8 Å². The van der Waals surface area contributed by atoms with Crippen molar-refractivity contribution in [2.24, 2.45) is 0 Å². The lowest BCUT2D eigenvalue weighted by molar-refractivity contribution is 0.0950. The molecule has 2 aromatic rings. The molecule has 1 N–H and O–H groups in total. The quantitative estimate of drug-likeness (QED) is 0.713. The minimum absolute atomic E-state index is 0.215. The van der Waals surface area contributed by atoms with Crippen molar-refractivity contribution >= 4 is 15.9 Å². The third kappa shape index (κ3) is 4.89. The number of methoxy groups -OCH3 is 1. The molecular formula is C21H26N2O5S. The van der Waals surface area contributed by atoms with E-state index in [1.54, 1.807) is 7.11 Å². The van der Waals surface area contributed by atoms with Crippen molar-refractivity contribution in [3.05, 3.63) is 53.6 Å². The summed E-state index contributed by atoms with van der Waals surface area (Å²) in [6.07, 6.45) is 1.77. The number of benzene rings is 2. The maximum Gasteiger partial charge on any atom is 0.251 e. The molecule has 1 amide bonds. The number of hydrogen-bond donors (Lipinski definition) is 1. The van der Waals surface area contributed by atoms with Crippen LogP contribution in [0.4, 0.5) is 0 Å². The maximum absolute atomic E-state index is 12.6. The van der Waals surface area contributed by atoms with Gasteiger partial charge in [0.15, 0.2) is 11.5 Å². The summed E-state index contributed by atoms with van der Waals surface area (Å²) in [5.41, 5.74) is 1.27. The molecule has 3 rings (SSSR count). The van der Waals surface area contributed by atoms with Crippen LogP contribution in [0.1, 0.15) is 35.7 Å². The predicted octanol–water partition coefficient (Wildman–Crippen LogP) is 2.81. The van der Waals surface area contributed by atoms with Crippen LogP contribution in [0.25, 0.3) is 0 Å². The highest BCUT2D eigenvalue weighted by atomic mass is 32.2. The second-order valence-electron chi connectivity index (χ2n) is 6.74. The molecule has 29 heavy (non-hydrogen) atoms. The van der Waals surface area contributed by atoms with Crippen molar-refractivity contribution in [2.45, 2.75) is 31.2 Å². The fraction of sp³-hybridized carbons (Fsp3) is 0.381. The summed E-state index contributed by atoms with van der Waals surface area (Å²) < 4.78 is 37.4. The molecule has 0 aromatic heterocycles. The number of rotatable bonds is 8. The average Bonchev–Trinajstić information content (AvgIpc) is 3.29. The van der Waals surface area contributed by atoms with Gasteiger partial charge in [-0.25, -0.2) is 8.42 Å². The van der Waals surface area contributed by atoms with Crippen LogP contribution in [-0.2, 0) is 16.6 Å². The summed E-state index contributed by atoms with van der Waals surface area (Å²) in [6.45, 7) is 3.85. The van der Waals surface area contributed by atoms with E-state index in [0.717, 1.165) is 18.4 Å². The Balaban J connectivity index is 1.64. The molecule has 2 aromatic carbocycles. The minimum atomic E-state index is -3.48. The van der Waals surface area contributed by atoms with Crippen molar-refractivity contribution in [3.8, 4) is 11.5 Å². The van der Waals surface area contributed by atoms with Gasteiger partial charge in [0.1, 0.15) is 0 Å². The van der Waals surface area contributed by atoms with Crippen LogP contribution in [0.15, 0.2) is 47.4 Å². The summed E-state index contributed by atoms with van der Waals surface area (Å²) in [4.78, 5) is 12.6. The van der Waals surface area contributed by atoms with Gasteiger partial charge in [0, 0.05) is 25.2 Å².